The summed E-state index contributed by atoms with van der Waals surface area (Å²) in [5, 5.41) is 3.04. The van der Waals surface area contributed by atoms with E-state index in [1.807, 2.05) is 86.6 Å². The smallest absolute Gasteiger partial charge is 0.233 e. The normalized spacial score (nSPS) is 14.1. The standard InChI is InChI=1S/C35H43N3O3/c1-27(2)23-33(39)36-32-16-9-15-31(26-32)30-17-21-37(22-18-30)19-10-20-38(34(40)24-28-11-5-3-6-12-28)35(41)25-29-13-7-4-8-14-29/h3-9,11-16,26-27,30H,10,17-25H2,1-2H3,(H,36,39). The van der Waals surface area contributed by atoms with E-state index in [-0.39, 0.29) is 30.6 Å². The fourth-order valence-corrected chi connectivity index (χ4v) is 5.52. The number of piperidine rings is 1. The van der Waals surface area contributed by atoms with Gasteiger partial charge in [-0.1, -0.05) is 86.6 Å². The van der Waals surface area contributed by atoms with Crippen molar-refractivity contribution in [2.75, 3.05) is 31.5 Å². The van der Waals surface area contributed by atoms with Crippen LogP contribution in [-0.4, -0.2) is 53.7 Å². The summed E-state index contributed by atoms with van der Waals surface area (Å²) in [6.07, 6.45) is 3.83. The molecule has 0 saturated carbocycles. The van der Waals surface area contributed by atoms with E-state index < -0.39 is 0 Å². The minimum absolute atomic E-state index is 0.0607. The van der Waals surface area contributed by atoms with Crippen molar-refractivity contribution < 1.29 is 14.4 Å². The van der Waals surface area contributed by atoms with Crippen LogP contribution in [0.25, 0.3) is 0 Å². The van der Waals surface area contributed by atoms with E-state index in [4.69, 9.17) is 0 Å². The third kappa shape index (κ3) is 9.68. The predicted octanol–water partition coefficient (Wildman–Crippen LogP) is 6.08. The van der Waals surface area contributed by atoms with Crippen molar-refractivity contribution >= 4 is 23.4 Å². The summed E-state index contributed by atoms with van der Waals surface area (Å²) in [5.74, 6) is 0.570. The van der Waals surface area contributed by atoms with E-state index in [1.165, 1.54) is 10.5 Å². The Kier molecular flexibility index (Phi) is 11.3. The summed E-state index contributed by atoms with van der Waals surface area (Å²) in [6.45, 7) is 7.33. The number of carbonyl (C=O) groups is 3. The van der Waals surface area contributed by atoms with Crippen molar-refractivity contribution in [1.29, 1.82) is 0 Å². The summed E-state index contributed by atoms with van der Waals surface area (Å²) >= 11 is 0. The van der Waals surface area contributed by atoms with E-state index in [9.17, 15) is 14.4 Å². The molecule has 41 heavy (non-hydrogen) atoms. The molecule has 0 atom stereocenters. The summed E-state index contributed by atoms with van der Waals surface area (Å²) in [4.78, 5) is 42.6. The second kappa shape index (κ2) is 15.3. The Balaban J connectivity index is 1.28. The van der Waals surface area contributed by atoms with E-state index in [1.54, 1.807) is 0 Å². The number of hydrogen-bond acceptors (Lipinski definition) is 4. The topological polar surface area (TPSA) is 69.7 Å². The Morgan fingerprint density at radius 3 is 1.98 bits per heavy atom. The van der Waals surface area contributed by atoms with Crippen molar-refractivity contribution in [1.82, 2.24) is 9.80 Å². The van der Waals surface area contributed by atoms with Crippen LogP contribution < -0.4 is 5.32 Å². The zero-order valence-corrected chi connectivity index (χ0v) is 24.4. The zero-order chi connectivity index (χ0) is 29.0. The van der Waals surface area contributed by atoms with Crippen molar-refractivity contribution in [2.45, 2.75) is 58.3 Å². The average molecular weight is 554 g/mol. The molecule has 1 N–H and O–H groups in total. The summed E-state index contributed by atoms with van der Waals surface area (Å²) < 4.78 is 0. The molecule has 216 valence electrons. The maximum absolute atomic E-state index is 13.2. The van der Waals surface area contributed by atoms with E-state index in [2.05, 4.69) is 22.3 Å². The average Bonchev–Trinajstić information content (AvgIpc) is 2.96. The van der Waals surface area contributed by atoms with E-state index in [0.717, 1.165) is 55.7 Å². The summed E-state index contributed by atoms with van der Waals surface area (Å²) in [7, 11) is 0. The quantitative estimate of drug-likeness (QED) is 0.295. The molecule has 1 saturated heterocycles. The molecule has 1 heterocycles. The molecule has 4 rings (SSSR count). The number of carbonyl (C=O) groups excluding carboxylic acids is 3. The Bertz CT molecular complexity index is 1210. The Labute approximate surface area is 244 Å². The summed E-state index contributed by atoms with van der Waals surface area (Å²) in [6, 6.07) is 27.5. The van der Waals surface area contributed by atoms with Crippen molar-refractivity contribution in [2.24, 2.45) is 5.92 Å². The number of imide groups is 1. The minimum atomic E-state index is -0.142. The van der Waals surface area contributed by atoms with Gasteiger partial charge in [0.1, 0.15) is 0 Å². The lowest BCUT2D eigenvalue weighted by atomic mass is 9.89. The number of benzene rings is 3. The first kappa shape index (κ1) is 30.2. The first-order valence-corrected chi connectivity index (χ1v) is 14.9. The van der Waals surface area contributed by atoms with Crippen LogP contribution in [0.3, 0.4) is 0 Å². The maximum Gasteiger partial charge on any atom is 0.233 e. The number of nitrogens with zero attached hydrogens (tertiary/aromatic N) is 2. The lowest BCUT2D eigenvalue weighted by Gasteiger charge is -2.33. The first-order valence-electron chi connectivity index (χ1n) is 14.9. The highest BCUT2D eigenvalue weighted by atomic mass is 16.2. The monoisotopic (exact) mass is 553 g/mol. The molecule has 1 aliphatic rings. The second-order valence-corrected chi connectivity index (χ2v) is 11.5. The van der Waals surface area contributed by atoms with Crippen LogP contribution in [0.5, 0.6) is 0 Å². The number of amides is 3. The number of nitrogens with one attached hydrogen (secondary N) is 1. The van der Waals surface area contributed by atoms with Crippen LogP contribution in [0.15, 0.2) is 84.9 Å². The van der Waals surface area contributed by atoms with Crippen molar-refractivity contribution in [3.05, 3.63) is 102 Å². The zero-order valence-electron chi connectivity index (χ0n) is 24.4. The highest BCUT2D eigenvalue weighted by Gasteiger charge is 2.24. The van der Waals surface area contributed by atoms with Gasteiger partial charge in [0.2, 0.25) is 17.7 Å². The molecule has 3 aromatic carbocycles. The molecule has 0 unspecified atom stereocenters. The van der Waals surface area contributed by atoms with E-state index in [0.29, 0.717) is 24.8 Å². The molecule has 3 aromatic rings. The van der Waals surface area contributed by atoms with Crippen LogP contribution in [0, 0.1) is 5.92 Å². The third-order valence-corrected chi connectivity index (χ3v) is 7.68. The molecular weight excluding hydrogens is 510 g/mol. The number of hydrogen-bond donors (Lipinski definition) is 1. The van der Waals surface area contributed by atoms with Gasteiger partial charge in [-0.3, -0.25) is 19.3 Å². The molecule has 1 fully saturated rings. The van der Waals surface area contributed by atoms with Gasteiger partial charge in [0.05, 0.1) is 12.8 Å². The minimum Gasteiger partial charge on any atom is -0.326 e. The lowest BCUT2D eigenvalue weighted by Crippen LogP contribution is -2.41. The number of likely N-dealkylation sites (tertiary alicyclic amines) is 1. The summed E-state index contributed by atoms with van der Waals surface area (Å²) in [5.41, 5.74) is 3.98. The highest BCUT2D eigenvalue weighted by Crippen LogP contribution is 2.29. The number of anilines is 1. The van der Waals surface area contributed by atoms with Crippen LogP contribution >= 0.6 is 0 Å². The Morgan fingerprint density at radius 2 is 1.41 bits per heavy atom. The molecule has 0 aromatic heterocycles. The van der Waals surface area contributed by atoms with Crippen molar-refractivity contribution in [3.63, 3.8) is 0 Å². The largest absolute Gasteiger partial charge is 0.326 e. The molecule has 0 aliphatic carbocycles. The maximum atomic E-state index is 13.2. The van der Waals surface area contributed by atoms with Gasteiger partial charge < -0.3 is 10.2 Å². The van der Waals surface area contributed by atoms with Gasteiger partial charge in [-0.2, -0.15) is 0 Å². The van der Waals surface area contributed by atoms with Gasteiger partial charge in [0, 0.05) is 18.7 Å². The number of rotatable bonds is 12. The van der Waals surface area contributed by atoms with E-state index >= 15 is 0 Å². The second-order valence-electron chi connectivity index (χ2n) is 11.5. The molecule has 3 amide bonds. The molecule has 0 radical (unpaired) electrons. The van der Waals surface area contributed by atoms with Crippen LogP contribution in [0.2, 0.25) is 0 Å². The third-order valence-electron chi connectivity index (χ3n) is 7.68. The molecule has 1 aliphatic heterocycles. The molecular formula is C35H43N3O3. The molecule has 0 spiro atoms. The van der Waals surface area contributed by atoms with Gasteiger partial charge in [-0.25, -0.2) is 0 Å². The van der Waals surface area contributed by atoms with Gasteiger partial charge >= 0.3 is 0 Å². The van der Waals surface area contributed by atoms with Crippen molar-refractivity contribution in [3.8, 4) is 0 Å². The SMILES string of the molecule is CC(C)CC(=O)Nc1cccc(C2CCN(CCCN(C(=O)Cc3ccccc3)C(=O)Cc3ccccc3)CC2)c1. The van der Waals surface area contributed by atoms with Gasteiger partial charge in [0.25, 0.3) is 0 Å². The van der Waals surface area contributed by atoms with Gasteiger partial charge in [-0.05, 0) is 79.6 Å². The lowest BCUT2D eigenvalue weighted by molar-refractivity contribution is -0.144. The van der Waals surface area contributed by atoms with Crippen LogP contribution in [0.1, 0.15) is 62.1 Å². The van der Waals surface area contributed by atoms with Gasteiger partial charge in [0.15, 0.2) is 0 Å². The predicted molar refractivity (Wildman–Crippen MR) is 165 cm³/mol. The fraction of sp³-hybridized carbons (Fsp3) is 0.400. The molecule has 6 nitrogen and oxygen atoms in total. The van der Waals surface area contributed by atoms with Crippen LogP contribution in [0.4, 0.5) is 5.69 Å². The highest BCUT2D eigenvalue weighted by molar-refractivity contribution is 5.97. The molecule has 6 heteroatoms. The first-order chi connectivity index (χ1) is 19.9. The fourth-order valence-electron chi connectivity index (χ4n) is 5.52. The van der Waals surface area contributed by atoms with Gasteiger partial charge in [-0.15, -0.1) is 0 Å². The Morgan fingerprint density at radius 1 is 0.829 bits per heavy atom. The van der Waals surface area contributed by atoms with Crippen LogP contribution in [-0.2, 0) is 27.2 Å². The molecule has 0 bridgehead atoms. The Hall–Kier alpha value is -3.77.